The summed E-state index contributed by atoms with van der Waals surface area (Å²) in [6.07, 6.45) is 5.29. The van der Waals surface area contributed by atoms with Crippen LogP contribution in [0.5, 0.6) is 0 Å². The molecule has 2 rings (SSSR count). The van der Waals surface area contributed by atoms with Crippen LogP contribution in [0.3, 0.4) is 0 Å². The van der Waals surface area contributed by atoms with Gasteiger partial charge in [-0.15, -0.1) is 5.10 Å². The minimum atomic E-state index is -1.11. The van der Waals surface area contributed by atoms with Gasteiger partial charge in [0.15, 0.2) is 5.69 Å². The molecule has 21 heavy (non-hydrogen) atoms. The number of aromatic carboxylic acids is 1. The van der Waals surface area contributed by atoms with E-state index in [0.29, 0.717) is 31.1 Å². The van der Waals surface area contributed by atoms with Crippen LogP contribution in [-0.2, 0) is 18.3 Å². The van der Waals surface area contributed by atoms with Crippen molar-refractivity contribution in [2.75, 3.05) is 13.2 Å². The zero-order chi connectivity index (χ0) is 15.2. The Morgan fingerprint density at radius 1 is 1.43 bits per heavy atom. The first-order valence-corrected chi connectivity index (χ1v) is 6.86. The molecule has 0 spiro atoms. The van der Waals surface area contributed by atoms with Crippen LogP contribution in [0.2, 0.25) is 0 Å². The predicted molar refractivity (Wildman–Crippen MR) is 74.9 cm³/mol. The number of imidazole rings is 1. The summed E-state index contributed by atoms with van der Waals surface area (Å²) in [5.41, 5.74) is 1.03. The second kappa shape index (κ2) is 6.98. The smallest absolute Gasteiger partial charge is 0.358 e. The third-order valence-corrected chi connectivity index (χ3v) is 3.09. The van der Waals surface area contributed by atoms with E-state index in [4.69, 9.17) is 4.74 Å². The number of rotatable bonds is 8. The van der Waals surface area contributed by atoms with Crippen LogP contribution in [0.25, 0.3) is 11.4 Å². The molecule has 0 aliphatic heterocycles. The number of carboxylic acid groups (broad SMARTS) is 1. The fourth-order valence-electron chi connectivity index (χ4n) is 1.95. The number of ether oxygens (including phenoxy) is 1. The van der Waals surface area contributed by atoms with Crippen molar-refractivity contribution in [3.63, 3.8) is 0 Å². The standard InChI is InChI=1S/C13H19N5O3/c1-3-4-6-21-7-5-18-12(10-8-14-9-17(10)2)11(13(19)20)15-16-18/h8-9H,3-7H2,1-2H3,(H,19,20). The lowest BCUT2D eigenvalue weighted by Crippen LogP contribution is -2.11. The second-order valence-electron chi connectivity index (χ2n) is 4.67. The van der Waals surface area contributed by atoms with E-state index < -0.39 is 5.97 Å². The van der Waals surface area contributed by atoms with Gasteiger partial charge in [-0.1, -0.05) is 18.6 Å². The molecule has 1 N–H and O–H groups in total. The first-order valence-electron chi connectivity index (χ1n) is 6.86. The maximum atomic E-state index is 11.3. The highest BCUT2D eigenvalue weighted by atomic mass is 16.5. The molecule has 0 aliphatic carbocycles. The first-order chi connectivity index (χ1) is 10.1. The third kappa shape index (κ3) is 3.46. The van der Waals surface area contributed by atoms with E-state index >= 15 is 0 Å². The van der Waals surface area contributed by atoms with Gasteiger partial charge < -0.3 is 14.4 Å². The second-order valence-corrected chi connectivity index (χ2v) is 4.67. The van der Waals surface area contributed by atoms with Gasteiger partial charge >= 0.3 is 5.97 Å². The number of unbranched alkanes of at least 4 members (excludes halogenated alkanes) is 1. The van der Waals surface area contributed by atoms with Gasteiger partial charge in [-0.3, -0.25) is 0 Å². The maximum Gasteiger partial charge on any atom is 0.358 e. The molecule has 0 bridgehead atoms. The largest absolute Gasteiger partial charge is 0.476 e. The fourth-order valence-corrected chi connectivity index (χ4v) is 1.95. The molecule has 0 aromatic carbocycles. The Balaban J connectivity index is 2.18. The minimum absolute atomic E-state index is 0.0767. The van der Waals surface area contributed by atoms with E-state index in [1.807, 2.05) is 0 Å². The van der Waals surface area contributed by atoms with Gasteiger partial charge in [0.2, 0.25) is 0 Å². The van der Waals surface area contributed by atoms with Gasteiger partial charge in [0.05, 0.1) is 31.4 Å². The van der Waals surface area contributed by atoms with E-state index in [0.717, 1.165) is 12.8 Å². The van der Waals surface area contributed by atoms with Crippen molar-refractivity contribution in [1.82, 2.24) is 24.5 Å². The highest BCUT2D eigenvalue weighted by molar-refractivity contribution is 5.92. The minimum Gasteiger partial charge on any atom is -0.476 e. The first kappa shape index (κ1) is 15.2. The Labute approximate surface area is 122 Å². The Bertz CT molecular complexity index is 605. The van der Waals surface area contributed by atoms with Gasteiger partial charge in [-0.25, -0.2) is 14.5 Å². The molecule has 2 aromatic heterocycles. The molecule has 8 heteroatoms. The number of hydrogen-bond donors (Lipinski definition) is 1. The number of carbonyl (C=O) groups is 1. The maximum absolute atomic E-state index is 11.3. The Morgan fingerprint density at radius 2 is 2.24 bits per heavy atom. The fraction of sp³-hybridized carbons (Fsp3) is 0.538. The van der Waals surface area contributed by atoms with Gasteiger partial charge in [0.1, 0.15) is 5.69 Å². The lowest BCUT2D eigenvalue weighted by atomic mass is 10.2. The van der Waals surface area contributed by atoms with Crippen LogP contribution in [0.15, 0.2) is 12.5 Å². The monoisotopic (exact) mass is 293 g/mol. The highest BCUT2D eigenvalue weighted by Gasteiger charge is 2.22. The summed E-state index contributed by atoms with van der Waals surface area (Å²) in [6.45, 7) is 3.70. The van der Waals surface area contributed by atoms with E-state index in [9.17, 15) is 9.90 Å². The number of aryl methyl sites for hydroxylation is 1. The third-order valence-electron chi connectivity index (χ3n) is 3.09. The molecule has 0 unspecified atom stereocenters. The lowest BCUT2D eigenvalue weighted by molar-refractivity contribution is 0.0691. The average Bonchev–Trinajstić information content (AvgIpc) is 3.04. The summed E-state index contributed by atoms with van der Waals surface area (Å²) < 4.78 is 8.78. The normalized spacial score (nSPS) is 11.0. The molecule has 0 atom stereocenters. The molecule has 0 amide bonds. The van der Waals surface area contributed by atoms with Crippen LogP contribution in [0, 0.1) is 0 Å². The zero-order valence-electron chi connectivity index (χ0n) is 12.2. The van der Waals surface area contributed by atoms with Crippen LogP contribution < -0.4 is 0 Å². The molecule has 0 fully saturated rings. The van der Waals surface area contributed by atoms with E-state index in [1.54, 1.807) is 28.8 Å². The van der Waals surface area contributed by atoms with Crippen molar-refractivity contribution in [2.45, 2.75) is 26.3 Å². The van der Waals surface area contributed by atoms with Crippen LogP contribution in [-0.4, -0.2) is 48.8 Å². The van der Waals surface area contributed by atoms with Crippen molar-refractivity contribution < 1.29 is 14.6 Å². The Morgan fingerprint density at radius 3 is 2.86 bits per heavy atom. The Hall–Kier alpha value is -2.22. The van der Waals surface area contributed by atoms with Gasteiger partial charge in [0.25, 0.3) is 0 Å². The topological polar surface area (TPSA) is 95.1 Å². The van der Waals surface area contributed by atoms with Crippen molar-refractivity contribution in [2.24, 2.45) is 7.05 Å². The molecular formula is C13H19N5O3. The number of nitrogens with zero attached hydrogens (tertiary/aromatic N) is 5. The molecule has 8 nitrogen and oxygen atoms in total. The number of carboxylic acids is 1. The lowest BCUT2D eigenvalue weighted by Gasteiger charge is -2.08. The molecule has 0 radical (unpaired) electrons. The quantitative estimate of drug-likeness (QED) is 0.735. The molecule has 0 saturated heterocycles. The number of hydrogen-bond acceptors (Lipinski definition) is 5. The van der Waals surface area contributed by atoms with Crippen molar-refractivity contribution in [3.8, 4) is 11.4 Å². The molecule has 114 valence electrons. The van der Waals surface area contributed by atoms with E-state index in [1.165, 1.54) is 0 Å². The van der Waals surface area contributed by atoms with E-state index in [2.05, 4.69) is 22.2 Å². The Kier molecular flexibility index (Phi) is 5.04. The average molecular weight is 293 g/mol. The van der Waals surface area contributed by atoms with Gasteiger partial charge in [0, 0.05) is 13.7 Å². The summed E-state index contributed by atoms with van der Waals surface area (Å²) in [4.78, 5) is 15.3. The molecule has 0 aliphatic rings. The summed E-state index contributed by atoms with van der Waals surface area (Å²) >= 11 is 0. The molecule has 2 aromatic rings. The summed E-state index contributed by atoms with van der Waals surface area (Å²) in [6, 6.07) is 0. The summed E-state index contributed by atoms with van der Waals surface area (Å²) in [5, 5.41) is 16.9. The van der Waals surface area contributed by atoms with Gasteiger partial charge in [-0.2, -0.15) is 0 Å². The zero-order valence-corrected chi connectivity index (χ0v) is 12.2. The highest BCUT2D eigenvalue weighted by Crippen LogP contribution is 2.21. The summed E-state index contributed by atoms with van der Waals surface area (Å²) in [7, 11) is 1.79. The predicted octanol–water partition coefficient (Wildman–Crippen LogP) is 1.19. The van der Waals surface area contributed by atoms with Crippen LogP contribution >= 0.6 is 0 Å². The van der Waals surface area contributed by atoms with Crippen molar-refractivity contribution in [3.05, 3.63) is 18.2 Å². The number of aromatic nitrogens is 5. The molecule has 2 heterocycles. The molecule has 0 saturated carbocycles. The SMILES string of the molecule is CCCCOCCn1nnc(C(=O)O)c1-c1cncn1C. The summed E-state index contributed by atoms with van der Waals surface area (Å²) in [5.74, 6) is -1.11. The van der Waals surface area contributed by atoms with Crippen LogP contribution in [0.4, 0.5) is 0 Å². The van der Waals surface area contributed by atoms with Crippen molar-refractivity contribution in [1.29, 1.82) is 0 Å². The molecular weight excluding hydrogens is 274 g/mol. The van der Waals surface area contributed by atoms with E-state index in [-0.39, 0.29) is 5.69 Å². The van der Waals surface area contributed by atoms with Crippen LogP contribution in [0.1, 0.15) is 30.3 Å². The van der Waals surface area contributed by atoms with Gasteiger partial charge in [-0.05, 0) is 6.42 Å². The van der Waals surface area contributed by atoms with Crippen molar-refractivity contribution >= 4 is 5.97 Å².